The van der Waals surface area contributed by atoms with Gasteiger partial charge < -0.3 is 10.6 Å². The molecule has 88 valence electrons. The van der Waals surface area contributed by atoms with Crippen molar-refractivity contribution in [3.8, 4) is 0 Å². The van der Waals surface area contributed by atoms with Crippen LogP contribution in [-0.4, -0.2) is 31.0 Å². The van der Waals surface area contributed by atoms with Crippen molar-refractivity contribution < 1.29 is 4.79 Å². The SMILES string of the molecule is CNCC(C)CNC(=O)c1cncc(C)c1. The second-order valence-corrected chi connectivity index (χ2v) is 4.12. The predicted octanol–water partition coefficient (Wildman–Crippen LogP) is 0.975. The number of hydrogen-bond acceptors (Lipinski definition) is 3. The van der Waals surface area contributed by atoms with Crippen molar-refractivity contribution in [3.05, 3.63) is 29.6 Å². The lowest BCUT2D eigenvalue weighted by atomic mass is 10.1. The topological polar surface area (TPSA) is 54.0 Å². The molecule has 4 heteroatoms. The number of rotatable bonds is 5. The number of carbonyl (C=O) groups is 1. The van der Waals surface area contributed by atoms with Crippen LogP contribution in [0.25, 0.3) is 0 Å². The fourth-order valence-corrected chi connectivity index (χ4v) is 1.47. The summed E-state index contributed by atoms with van der Waals surface area (Å²) in [5.74, 6) is 0.367. The van der Waals surface area contributed by atoms with Crippen LogP contribution in [0.2, 0.25) is 0 Å². The lowest BCUT2D eigenvalue weighted by Gasteiger charge is -2.11. The molecule has 0 aliphatic heterocycles. The van der Waals surface area contributed by atoms with Gasteiger partial charge in [0.2, 0.25) is 0 Å². The molecule has 0 aromatic carbocycles. The van der Waals surface area contributed by atoms with Crippen LogP contribution in [0.15, 0.2) is 18.5 Å². The lowest BCUT2D eigenvalue weighted by molar-refractivity contribution is 0.0947. The Bertz CT molecular complexity index is 352. The zero-order valence-electron chi connectivity index (χ0n) is 10.1. The van der Waals surface area contributed by atoms with Crippen LogP contribution in [0.5, 0.6) is 0 Å². The Balaban J connectivity index is 2.47. The molecule has 0 saturated heterocycles. The van der Waals surface area contributed by atoms with Gasteiger partial charge in [0.05, 0.1) is 5.56 Å². The summed E-state index contributed by atoms with van der Waals surface area (Å²) in [6.45, 7) is 5.58. The van der Waals surface area contributed by atoms with E-state index in [4.69, 9.17) is 0 Å². The van der Waals surface area contributed by atoms with Gasteiger partial charge in [-0.05, 0) is 38.1 Å². The fourth-order valence-electron chi connectivity index (χ4n) is 1.47. The Labute approximate surface area is 96.5 Å². The predicted molar refractivity (Wildman–Crippen MR) is 64.4 cm³/mol. The van der Waals surface area contributed by atoms with Crippen molar-refractivity contribution in [2.75, 3.05) is 20.1 Å². The van der Waals surface area contributed by atoms with Crippen LogP contribution in [0.3, 0.4) is 0 Å². The molecular formula is C12H19N3O. The first-order valence-electron chi connectivity index (χ1n) is 5.48. The van der Waals surface area contributed by atoms with Crippen molar-refractivity contribution in [3.63, 3.8) is 0 Å². The smallest absolute Gasteiger partial charge is 0.252 e. The molecule has 0 radical (unpaired) electrons. The number of aromatic nitrogens is 1. The van der Waals surface area contributed by atoms with Crippen LogP contribution in [0, 0.1) is 12.8 Å². The number of carbonyl (C=O) groups excluding carboxylic acids is 1. The fraction of sp³-hybridized carbons (Fsp3) is 0.500. The molecule has 2 N–H and O–H groups in total. The van der Waals surface area contributed by atoms with E-state index in [9.17, 15) is 4.79 Å². The number of amides is 1. The molecule has 0 fully saturated rings. The zero-order chi connectivity index (χ0) is 12.0. The Morgan fingerprint density at radius 3 is 2.81 bits per heavy atom. The number of nitrogens with one attached hydrogen (secondary N) is 2. The molecule has 0 bridgehead atoms. The summed E-state index contributed by atoms with van der Waals surface area (Å²) >= 11 is 0. The average Bonchev–Trinajstić information content (AvgIpc) is 2.26. The highest BCUT2D eigenvalue weighted by atomic mass is 16.1. The zero-order valence-corrected chi connectivity index (χ0v) is 10.1. The van der Waals surface area contributed by atoms with Gasteiger partial charge >= 0.3 is 0 Å². The normalized spacial score (nSPS) is 12.2. The minimum absolute atomic E-state index is 0.0563. The van der Waals surface area contributed by atoms with E-state index in [1.165, 1.54) is 0 Å². The Morgan fingerprint density at radius 2 is 2.19 bits per heavy atom. The third-order valence-corrected chi connectivity index (χ3v) is 2.30. The van der Waals surface area contributed by atoms with Crippen molar-refractivity contribution in [2.24, 2.45) is 5.92 Å². The number of nitrogens with zero attached hydrogens (tertiary/aromatic N) is 1. The summed E-state index contributed by atoms with van der Waals surface area (Å²) in [6.07, 6.45) is 3.32. The molecule has 1 heterocycles. The molecule has 1 atom stereocenters. The van der Waals surface area contributed by atoms with Crippen LogP contribution >= 0.6 is 0 Å². The molecule has 1 aromatic heterocycles. The summed E-state index contributed by atoms with van der Waals surface area (Å²) in [4.78, 5) is 15.7. The van der Waals surface area contributed by atoms with Crippen molar-refractivity contribution in [2.45, 2.75) is 13.8 Å². The van der Waals surface area contributed by atoms with Gasteiger partial charge in [-0.3, -0.25) is 9.78 Å². The van der Waals surface area contributed by atoms with E-state index in [2.05, 4.69) is 22.5 Å². The Morgan fingerprint density at radius 1 is 1.44 bits per heavy atom. The van der Waals surface area contributed by atoms with Crippen LogP contribution in [0.4, 0.5) is 0 Å². The maximum atomic E-state index is 11.7. The van der Waals surface area contributed by atoms with E-state index in [1.54, 1.807) is 12.4 Å². The van der Waals surface area contributed by atoms with E-state index in [0.29, 0.717) is 18.0 Å². The lowest BCUT2D eigenvalue weighted by Crippen LogP contribution is -2.32. The molecule has 0 spiro atoms. The van der Waals surface area contributed by atoms with Crippen molar-refractivity contribution in [1.29, 1.82) is 0 Å². The van der Waals surface area contributed by atoms with Crippen molar-refractivity contribution in [1.82, 2.24) is 15.6 Å². The number of pyridine rings is 1. The number of aryl methyl sites for hydroxylation is 1. The van der Waals surface area contributed by atoms with Gasteiger partial charge in [0.25, 0.3) is 5.91 Å². The highest BCUT2D eigenvalue weighted by molar-refractivity contribution is 5.93. The molecule has 1 unspecified atom stereocenters. The summed E-state index contributed by atoms with van der Waals surface area (Å²) in [5, 5.41) is 5.97. The minimum atomic E-state index is -0.0563. The Hall–Kier alpha value is -1.42. The van der Waals surface area contributed by atoms with Gasteiger partial charge in [-0.25, -0.2) is 0 Å². The maximum Gasteiger partial charge on any atom is 0.252 e. The summed E-state index contributed by atoms with van der Waals surface area (Å²) in [5.41, 5.74) is 1.62. The van der Waals surface area contributed by atoms with Crippen molar-refractivity contribution >= 4 is 5.91 Å². The summed E-state index contributed by atoms with van der Waals surface area (Å²) < 4.78 is 0. The molecule has 0 aliphatic carbocycles. The van der Waals surface area contributed by atoms with Gasteiger partial charge in [0.15, 0.2) is 0 Å². The summed E-state index contributed by atoms with van der Waals surface area (Å²) in [7, 11) is 1.91. The third kappa shape index (κ3) is 3.98. The Kier molecular flexibility index (Phi) is 4.92. The van der Waals surface area contributed by atoms with E-state index >= 15 is 0 Å². The second kappa shape index (κ2) is 6.23. The van der Waals surface area contributed by atoms with E-state index < -0.39 is 0 Å². The first-order valence-corrected chi connectivity index (χ1v) is 5.48. The van der Waals surface area contributed by atoms with Gasteiger partial charge in [0, 0.05) is 18.9 Å². The monoisotopic (exact) mass is 221 g/mol. The second-order valence-electron chi connectivity index (χ2n) is 4.12. The summed E-state index contributed by atoms with van der Waals surface area (Å²) in [6, 6.07) is 1.84. The van der Waals surface area contributed by atoms with Crippen LogP contribution in [-0.2, 0) is 0 Å². The third-order valence-electron chi connectivity index (χ3n) is 2.30. The molecule has 16 heavy (non-hydrogen) atoms. The van der Waals surface area contributed by atoms with Gasteiger partial charge in [-0.15, -0.1) is 0 Å². The molecule has 1 rings (SSSR count). The highest BCUT2D eigenvalue weighted by Crippen LogP contribution is 2.01. The highest BCUT2D eigenvalue weighted by Gasteiger charge is 2.07. The van der Waals surface area contributed by atoms with Crippen LogP contribution < -0.4 is 10.6 Å². The average molecular weight is 221 g/mol. The van der Waals surface area contributed by atoms with E-state index in [1.807, 2.05) is 20.0 Å². The largest absolute Gasteiger partial charge is 0.352 e. The molecular weight excluding hydrogens is 202 g/mol. The molecule has 4 nitrogen and oxygen atoms in total. The van der Waals surface area contributed by atoms with Crippen LogP contribution in [0.1, 0.15) is 22.8 Å². The van der Waals surface area contributed by atoms with Gasteiger partial charge in [-0.2, -0.15) is 0 Å². The minimum Gasteiger partial charge on any atom is -0.352 e. The first-order chi connectivity index (χ1) is 7.63. The van der Waals surface area contributed by atoms with E-state index in [-0.39, 0.29) is 5.91 Å². The molecule has 1 amide bonds. The standard InChI is InChI=1S/C12H19N3O/c1-9-4-11(8-14-6-9)12(16)15-7-10(2)5-13-3/h4,6,8,10,13H,5,7H2,1-3H3,(H,15,16). The molecule has 0 saturated carbocycles. The number of hydrogen-bond donors (Lipinski definition) is 2. The van der Waals surface area contributed by atoms with Gasteiger partial charge in [-0.1, -0.05) is 6.92 Å². The molecule has 1 aromatic rings. The van der Waals surface area contributed by atoms with Gasteiger partial charge in [0.1, 0.15) is 0 Å². The maximum absolute atomic E-state index is 11.7. The quantitative estimate of drug-likeness (QED) is 0.779. The van der Waals surface area contributed by atoms with E-state index in [0.717, 1.165) is 12.1 Å². The molecule has 0 aliphatic rings. The first kappa shape index (κ1) is 12.6.